The van der Waals surface area contributed by atoms with Crippen LogP contribution >= 0.6 is 35.6 Å². The Hall–Kier alpha value is -1.95. The maximum Gasteiger partial charge on any atom is 0.417 e. The number of fused-ring (bicyclic) bond motifs is 1. The molecule has 158 valence electrons. The SMILES string of the molecule is I.NC(=NCCOc1ncc(C(F)(F)F)cc1Cl)NC1CCOc2ccccc21. The summed E-state index contributed by atoms with van der Waals surface area (Å²) < 4.78 is 48.7. The Bertz CT molecular complexity index is 867. The van der Waals surface area contributed by atoms with Gasteiger partial charge in [-0.3, -0.25) is 0 Å². The van der Waals surface area contributed by atoms with Gasteiger partial charge in [0.1, 0.15) is 17.4 Å². The highest BCUT2D eigenvalue weighted by atomic mass is 127. The van der Waals surface area contributed by atoms with Crippen LogP contribution < -0.4 is 20.5 Å². The molecule has 1 unspecified atom stereocenters. The van der Waals surface area contributed by atoms with Gasteiger partial charge in [0, 0.05) is 18.2 Å². The number of rotatable bonds is 5. The van der Waals surface area contributed by atoms with E-state index in [1.807, 2.05) is 24.3 Å². The number of alkyl halides is 3. The van der Waals surface area contributed by atoms with Gasteiger partial charge in [0.2, 0.25) is 5.88 Å². The smallest absolute Gasteiger partial charge is 0.417 e. The minimum absolute atomic E-state index is 0. The molecule has 3 rings (SSSR count). The fourth-order valence-corrected chi connectivity index (χ4v) is 2.93. The number of aliphatic imine (C=N–C) groups is 1. The zero-order valence-corrected chi connectivity index (χ0v) is 18.2. The predicted molar refractivity (Wildman–Crippen MR) is 114 cm³/mol. The van der Waals surface area contributed by atoms with Crippen molar-refractivity contribution < 1.29 is 22.6 Å². The molecule has 0 bridgehead atoms. The van der Waals surface area contributed by atoms with Gasteiger partial charge in [-0.15, -0.1) is 24.0 Å². The van der Waals surface area contributed by atoms with E-state index in [1.165, 1.54) is 0 Å². The number of pyridine rings is 1. The molecule has 0 amide bonds. The van der Waals surface area contributed by atoms with E-state index in [0.717, 1.165) is 23.8 Å². The average molecular weight is 543 g/mol. The Morgan fingerprint density at radius 2 is 2.14 bits per heavy atom. The summed E-state index contributed by atoms with van der Waals surface area (Å²) in [7, 11) is 0. The molecule has 0 fully saturated rings. The lowest BCUT2D eigenvalue weighted by Gasteiger charge is -2.26. The largest absolute Gasteiger partial charge is 0.493 e. The van der Waals surface area contributed by atoms with Crippen LogP contribution in [0.4, 0.5) is 13.2 Å². The summed E-state index contributed by atoms with van der Waals surface area (Å²) >= 11 is 5.78. The van der Waals surface area contributed by atoms with E-state index in [9.17, 15) is 13.2 Å². The molecule has 1 atom stereocenters. The maximum absolute atomic E-state index is 12.6. The van der Waals surface area contributed by atoms with E-state index in [2.05, 4.69) is 15.3 Å². The molecule has 29 heavy (non-hydrogen) atoms. The van der Waals surface area contributed by atoms with Crippen LogP contribution in [0.5, 0.6) is 11.6 Å². The molecule has 11 heteroatoms. The number of guanidine groups is 1. The summed E-state index contributed by atoms with van der Waals surface area (Å²) in [6.07, 6.45) is -3.10. The highest BCUT2D eigenvalue weighted by molar-refractivity contribution is 14.0. The number of nitrogens with two attached hydrogens (primary N) is 1. The lowest BCUT2D eigenvalue weighted by Crippen LogP contribution is -2.37. The zero-order chi connectivity index (χ0) is 20.1. The van der Waals surface area contributed by atoms with Gasteiger partial charge in [-0.25, -0.2) is 9.98 Å². The van der Waals surface area contributed by atoms with Gasteiger partial charge in [-0.05, 0) is 12.1 Å². The van der Waals surface area contributed by atoms with Crippen molar-refractivity contribution in [3.05, 3.63) is 52.7 Å². The molecule has 2 aromatic rings. The van der Waals surface area contributed by atoms with E-state index < -0.39 is 11.7 Å². The first-order chi connectivity index (χ1) is 13.3. The molecule has 1 aromatic heterocycles. The molecule has 0 saturated heterocycles. The summed E-state index contributed by atoms with van der Waals surface area (Å²) in [5.41, 5.74) is 5.98. The second-order valence-electron chi connectivity index (χ2n) is 6.00. The van der Waals surface area contributed by atoms with Crippen LogP contribution in [0.1, 0.15) is 23.6 Å². The first-order valence-electron chi connectivity index (χ1n) is 8.48. The summed E-state index contributed by atoms with van der Waals surface area (Å²) in [6, 6.07) is 8.43. The van der Waals surface area contributed by atoms with E-state index in [-0.39, 0.29) is 60.0 Å². The van der Waals surface area contributed by atoms with Crippen LogP contribution in [0.15, 0.2) is 41.5 Å². The quantitative estimate of drug-likeness (QED) is 0.256. The number of hydrogen-bond acceptors (Lipinski definition) is 4. The van der Waals surface area contributed by atoms with Crippen molar-refractivity contribution in [3.63, 3.8) is 0 Å². The third-order valence-electron chi connectivity index (χ3n) is 4.03. The molecular weight excluding hydrogens is 524 g/mol. The molecule has 1 aliphatic heterocycles. The van der Waals surface area contributed by atoms with Crippen molar-refractivity contribution in [3.8, 4) is 11.6 Å². The van der Waals surface area contributed by atoms with Gasteiger partial charge in [0.15, 0.2) is 5.96 Å². The summed E-state index contributed by atoms with van der Waals surface area (Å²) in [5.74, 6) is 0.955. The molecule has 6 nitrogen and oxygen atoms in total. The topological polar surface area (TPSA) is 81.8 Å². The number of ether oxygens (including phenoxy) is 2. The van der Waals surface area contributed by atoms with Crippen LogP contribution in [0.3, 0.4) is 0 Å². The lowest BCUT2D eigenvalue weighted by atomic mass is 10.0. The van der Waals surface area contributed by atoms with Gasteiger partial charge in [-0.2, -0.15) is 13.2 Å². The Morgan fingerprint density at radius 1 is 1.38 bits per heavy atom. The van der Waals surface area contributed by atoms with Crippen LogP contribution in [-0.2, 0) is 6.18 Å². The van der Waals surface area contributed by atoms with Crippen molar-refractivity contribution in [2.24, 2.45) is 10.7 Å². The number of halogens is 5. The number of para-hydroxylation sites is 1. The number of benzene rings is 1. The van der Waals surface area contributed by atoms with Gasteiger partial charge in [0.05, 0.1) is 24.8 Å². The molecule has 0 aliphatic carbocycles. The van der Waals surface area contributed by atoms with Gasteiger partial charge in [0.25, 0.3) is 0 Å². The first kappa shape index (κ1) is 23.3. The van der Waals surface area contributed by atoms with E-state index in [4.69, 9.17) is 26.8 Å². The van der Waals surface area contributed by atoms with Crippen LogP contribution in [-0.4, -0.2) is 30.7 Å². The molecule has 0 saturated carbocycles. The Balaban J connectivity index is 0.00000300. The van der Waals surface area contributed by atoms with E-state index in [1.54, 1.807) is 0 Å². The van der Waals surface area contributed by atoms with Gasteiger partial charge < -0.3 is 20.5 Å². The molecule has 1 aliphatic rings. The third kappa shape index (κ3) is 6.26. The molecule has 3 N–H and O–H groups in total. The number of hydrogen-bond donors (Lipinski definition) is 2. The fourth-order valence-electron chi connectivity index (χ4n) is 2.71. The number of aromatic nitrogens is 1. The second-order valence-corrected chi connectivity index (χ2v) is 6.40. The van der Waals surface area contributed by atoms with Crippen molar-refractivity contribution >= 4 is 41.5 Å². The van der Waals surface area contributed by atoms with Crippen molar-refractivity contribution in [2.75, 3.05) is 19.8 Å². The molecular formula is C18H19ClF3IN4O2. The maximum atomic E-state index is 12.6. The van der Waals surface area contributed by atoms with E-state index >= 15 is 0 Å². The summed E-state index contributed by atoms with van der Waals surface area (Å²) in [5, 5.41) is 2.92. The van der Waals surface area contributed by atoms with Crippen LogP contribution in [0, 0.1) is 0 Å². The fraction of sp³-hybridized carbons (Fsp3) is 0.333. The Morgan fingerprint density at radius 3 is 2.86 bits per heavy atom. The van der Waals surface area contributed by atoms with Crippen molar-refractivity contribution in [1.29, 1.82) is 0 Å². The minimum Gasteiger partial charge on any atom is -0.493 e. The van der Waals surface area contributed by atoms with Gasteiger partial charge >= 0.3 is 6.18 Å². The Kier molecular flexibility index (Phi) is 8.20. The zero-order valence-electron chi connectivity index (χ0n) is 15.1. The van der Waals surface area contributed by atoms with Crippen LogP contribution in [0.2, 0.25) is 5.02 Å². The summed E-state index contributed by atoms with van der Waals surface area (Å²) in [4.78, 5) is 7.76. The minimum atomic E-state index is -4.51. The average Bonchev–Trinajstić information content (AvgIpc) is 2.66. The standard InChI is InChI=1S/C18H18ClF3N4O2.HI/c19-13-9-11(18(20,21)22)10-25-16(13)28-8-6-24-17(23)26-14-5-7-27-15-4-2-1-3-12(14)15;/h1-4,9-10,14H,5-8H2,(H3,23,24,26);1H. The first-order valence-corrected chi connectivity index (χ1v) is 8.86. The molecule has 0 radical (unpaired) electrons. The highest BCUT2D eigenvalue weighted by Crippen LogP contribution is 2.33. The highest BCUT2D eigenvalue weighted by Gasteiger charge is 2.31. The van der Waals surface area contributed by atoms with Crippen molar-refractivity contribution in [1.82, 2.24) is 10.3 Å². The third-order valence-corrected chi connectivity index (χ3v) is 4.30. The van der Waals surface area contributed by atoms with Crippen LogP contribution in [0.25, 0.3) is 0 Å². The summed E-state index contributed by atoms with van der Waals surface area (Å²) in [6.45, 7) is 0.816. The van der Waals surface area contributed by atoms with Gasteiger partial charge in [-0.1, -0.05) is 29.8 Å². The normalized spacial score (nSPS) is 16.3. The monoisotopic (exact) mass is 542 g/mol. The molecule has 1 aromatic carbocycles. The number of nitrogens with zero attached hydrogens (tertiary/aromatic N) is 2. The number of nitrogens with one attached hydrogen (secondary N) is 1. The van der Waals surface area contributed by atoms with Crippen molar-refractivity contribution in [2.45, 2.75) is 18.6 Å². The second kappa shape index (κ2) is 10.2. The lowest BCUT2D eigenvalue weighted by molar-refractivity contribution is -0.137. The Labute approximate surface area is 187 Å². The van der Waals surface area contributed by atoms with E-state index in [0.29, 0.717) is 12.8 Å². The molecule has 2 heterocycles. The predicted octanol–water partition coefficient (Wildman–Crippen LogP) is 4.18. The molecule has 0 spiro atoms.